The van der Waals surface area contributed by atoms with Gasteiger partial charge in [0.25, 0.3) is 0 Å². The van der Waals surface area contributed by atoms with E-state index in [2.05, 4.69) is 13.8 Å². The minimum absolute atomic E-state index is 0.0342. The van der Waals surface area contributed by atoms with Gasteiger partial charge in [0.05, 0.1) is 0 Å². The van der Waals surface area contributed by atoms with Gasteiger partial charge in [-0.05, 0) is 43.1 Å². The zero-order valence-electron chi connectivity index (χ0n) is 15.7. The van der Waals surface area contributed by atoms with Crippen molar-refractivity contribution in [1.82, 2.24) is 0 Å². The fraction of sp³-hybridized carbons (Fsp3) is 0.714. The van der Waals surface area contributed by atoms with E-state index in [-0.39, 0.29) is 34.7 Å². The smallest absolute Gasteiger partial charge is 0.303 e. The van der Waals surface area contributed by atoms with Crippen LogP contribution in [-0.2, 0) is 23.9 Å². The fourth-order valence-corrected chi connectivity index (χ4v) is 6.50. The quantitative estimate of drug-likeness (QED) is 0.674. The Morgan fingerprint density at radius 2 is 1.81 bits per heavy atom. The summed E-state index contributed by atoms with van der Waals surface area (Å²) >= 11 is 0. The number of allylic oxidation sites excluding steroid dienone is 1. The molecule has 3 saturated carbocycles. The van der Waals surface area contributed by atoms with Crippen LogP contribution in [0.1, 0.15) is 59.3 Å². The van der Waals surface area contributed by atoms with Gasteiger partial charge in [0, 0.05) is 42.6 Å². The standard InChI is InChI=1S/C21H26O5/c1-11(22)26-18-10-21(3)14-6-7-20(2)13(4-5-19(20)25)12(14)8-16(23)15(21)9-17(18)24/h9,12-14,18H,4-8,10H2,1-3H3/t12-,13-,14-,18+,20-,21+/m0/s1. The third kappa shape index (κ3) is 2.28. The number of Topliss-reactive ketones (excluding diaryl/α,β-unsaturated/α-hetero) is 2. The molecule has 0 aromatic carbocycles. The molecule has 140 valence electrons. The number of carbonyl (C=O) groups is 4. The number of carbonyl (C=O) groups excluding carboxylic acids is 4. The lowest BCUT2D eigenvalue weighted by Crippen LogP contribution is -2.55. The van der Waals surface area contributed by atoms with Crippen LogP contribution in [0.3, 0.4) is 0 Å². The van der Waals surface area contributed by atoms with E-state index in [0.29, 0.717) is 30.6 Å². The van der Waals surface area contributed by atoms with Gasteiger partial charge < -0.3 is 4.74 Å². The largest absolute Gasteiger partial charge is 0.454 e. The van der Waals surface area contributed by atoms with Gasteiger partial charge >= 0.3 is 5.97 Å². The van der Waals surface area contributed by atoms with Gasteiger partial charge in [-0.3, -0.25) is 19.2 Å². The molecule has 0 aromatic heterocycles. The first-order valence-corrected chi connectivity index (χ1v) is 9.66. The number of hydrogen-bond donors (Lipinski definition) is 0. The maximum Gasteiger partial charge on any atom is 0.303 e. The Labute approximate surface area is 153 Å². The topological polar surface area (TPSA) is 77.5 Å². The molecule has 0 spiro atoms. The van der Waals surface area contributed by atoms with Gasteiger partial charge in [0.15, 0.2) is 17.7 Å². The van der Waals surface area contributed by atoms with E-state index < -0.39 is 17.5 Å². The van der Waals surface area contributed by atoms with Crippen LogP contribution >= 0.6 is 0 Å². The Morgan fingerprint density at radius 3 is 2.50 bits per heavy atom. The van der Waals surface area contributed by atoms with Crippen molar-refractivity contribution in [2.24, 2.45) is 28.6 Å². The van der Waals surface area contributed by atoms with Crippen LogP contribution in [0.4, 0.5) is 0 Å². The second kappa shape index (κ2) is 5.61. The van der Waals surface area contributed by atoms with E-state index in [9.17, 15) is 19.2 Å². The van der Waals surface area contributed by atoms with E-state index in [4.69, 9.17) is 4.74 Å². The normalized spacial score (nSPS) is 44.7. The van der Waals surface area contributed by atoms with Crippen molar-refractivity contribution >= 4 is 23.3 Å². The first-order chi connectivity index (χ1) is 12.2. The molecule has 4 rings (SSSR count). The Balaban J connectivity index is 1.72. The molecule has 0 bridgehead atoms. The second-order valence-electron chi connectivity index (χ2n) is 9.10. The highest BCUT2D eigenvalue weighted by Gasteiger charge is 2.61. The zero-order valence-corrected chi connectivity index (χ0v) is 15.7. The van der Waals surface area contributed by atoms with Gasteiger partial charge in [-0.25, -0.2) is 0 Å². The molecular formula is C21H26O5. The number of rotatable bonds is 1. The molecule has 6 atom stereocenters. The van der Waals surface area contributed by atoms with Crippen LogP contribution in [0.15, 0.2) is 11.6 Å². The maximum absolute atomic E-state index is 12.9. The lowest BCUT2D eigenvalue weighted by Gasteiger charge is -2.56. The third-order valence-electron chi connectivity index (χ3n) is 7.82. The highest BCUT2D eigenvalue weighted by Crippen LogP contribution is 2.63. The number of ketones is 3. The highest BCUT2D eigenvalue weighted by atomic mass is 16.5. The molecule has 4 aliphatic carbocycles. The van der Waals surface area contributed by atoms with E-state index in [0.717, 1.165) is 19.3 Å². The average molecular weight is 358 g/mol. The van der Waals surface area contributed by atoms with Gasteiger partial charge in [0.2, 0.25) is 0 Å². The Bertz CT molecular complexity index is 750. The first kappa shape index (κ1) is 17.6. The predicted molar refractivity (Wildman–Crippen MR) is 93.0 cm³/mol. The Kier molecular flexibility index (Phi) is 3.80. The fourth-order valence-electron chi connectivity index (χ4n) is 6.50. The highest BCUT2D eigenvalue weighted by molar-refractivity contribution is 6.07. The molecule has 0 heterocycles. The Hall–Kier alpha value is -1.78. The summed E-state index contributed by atoms with van der Waals surface area (Å²) in [6.07, 6.45) is 4.66. The first-order valence-electron chi connectivity index (χ1n) is 9.66. The minimum Gasteiger partial charge on any atom is -0.454 e. The van der Waals surface area contributed by atoms with Gasteiger partial charge in [-0.1, -0.05) is 13.8 Å². The summed E-state index contributed by atoms with van der Waals surface area (Å²) in [4.78, 5) is 49.1. The Morgan fingerprint density at radius 1 is 1.12 bits per heavy atom. The van der Waals surface area contributed by atoms with Gasteiger partial charge in [-0.15, -0.1) is 0 Å². The van der Waals surface area contributed by atoms with Crippen LogP contribution in [0.2, 0.25) is 0 Å². The molecular weight excluding hydrogens is 332 g/mol. The van der Waals surface area contributed by atoms with Crippen molar-refractivity contribution < 1.29 is 23.9 Å². The molecule has 0 radical (unpaired) electrons. The molecule has 26 heavy (non-hydrogen) atoms. The molecule has 5 nitrogen and oxygen atoms in total. The van der Waals surface area contributed by atoms with Crippen molar-refractivity contribution in [2.75, 3.05) is 0 Å². The third-order valence-corrected chi connectivity index (χ3v) is 7.82. The lowest BCUT2D eigenvalue weighted by molar-refractivity contribution is -0.157. The van der Waals surface area contributed by atoms with E-state index in [1.165, 1.54) is 13.0 Å². The lowest BCUT2D eigenvalue weighted by atomic mass is 9.47. The molecule has 0 aromatic rings. The van der Waals surface area contributed by atoms with Gasteiger partial charge in [-0.2, -0.15) is 0 Å². The molecule has 0 N–H and O–H groups in total. The average Bonchev–Trinajstić information content (AvgIpc) is 2.85. The second-order valence-corrected chi connectivity index (χ2v) is 9.10. The predicted octanol–water partition coefficient (Wildman–Crippen LogP) is 2.81. The number of esters is 1. The number of fused-ring (bicyclic) bond motifs is 5. The minimum atomic E-state index is -0.800. The molecule has 4 aliphatic rings. The summed E-state index contributed by atoms with van der Waals surface area (Å²) in [5, 5.41) is 0. The van der Waals surface area contributed by atoms with Crippen molar-refractivity contribution in [3.8, 4) is 0 Å². The molecule has 3 fully saturated rings. The van der Waals surface area contributed by atoms with Crippen LogP contribution in [0, 0.1) is 28.6 Å². The number of ether oxygens (including phenoxy) is 1. The summed E-state index contributed by atoms with van der Waals surface area (Å²) in [7, 11) is 0. The maximum atomic E-state index is 12.9. The van der Waals surface area contributed by atoms with Crippen molar-refractivity contribution in [2.45, 2.75) is 65.4 Å². The molecule has 5 heteroatoms. The van der Waals surface area contributed by atoms with Crippen molar-refractivity contribution in [1.29, 1.82) is 0 Å². The van der Waals surface area contributed by atoms with E-state index >= 15 is 0 Å². The van der Waals surface area contributed by atoms with E-state index in [1.807, 2.05) is 0 Å². The molecule has 0 saturated heterocycles. The van der Waals surface area contributed by atoms with Crippen molar-refractivity contribution in [3.05, 3.63) is 11.6 Å². The number of hydrogen-bond acceptors (Lipinski definition) is 5. The SMILES string of the molecule is CC(=O)O[C@@H]1C[C@@]2(C)C(=CC1=O)C(=O)C[C@@H]1[C@@H]2CC[C@]2(C)C(=O)CC[C@@H]12. The summed E-state index contributed by atoms with van der Waals surface area (Å²) in [5.74, 6) is 0.309. The molecule has 0 unspecified atom stereocenters. The zero-order chi connectivity index (χ0) is 18.9. The van der Waals surface area contributed by atoms with Crippen molar-refractivity contribution in [3.63, 3.8) is 0 Å². The summed E-state index contributed by atoms with van der Waals surface area (Å²) in [5.41, 5.74) is -0.139. The van der Waals surface area contributed by atoms with E-state index in [1.54, 1.807) is 0 Å². The van der Waals surface area contributed by atoms with Crippen LogP contribution in [0.5, 0.6) is 0 Å². The molecule has 0 amide bonds. The van der Waals surface area contributed by atoms with Gasteiger partial charge in [0.1, 0.15) is 5.78 Å². The van der Waals surface area contributed by atoms with Crippen LogP contribution in [-0.4, -0.2) is 29.4 Å². The van der Waals surface area contributed by atoms with Crippen LogP contribution in [0.25, 0.3) is 0 Å². The summed E-state index contributed by atoms with van der Waals surface area (Å²) in [6.45, 7) is 5.43. The monoisotopic (exact) mass is 358 g/mol. The summed E-state index contributed by atoms with van der Waals surface area (Å²) < 4.78 is 5.26. The molecule has 0 aliphatic heterocycles. The summed E-state index contributed by atoms with van der Waals surface area (Å²) in [6, 6.07) is 0. The van der Waals surface area contributed by atoms with Crippen LogP contribution < -0.4 is 0 Å².